The molecule has 0 aliphatic rings. The van der Waals surface area contributed by atoms with E-state index in [1.165, 1.54) is 12.3 Å². The minimum atomic E-state index is -0.295. The van der Waals surface area contributed by atoms with E-state index in [4.69, 9.17) is 27.9 Å². The summed E-state index contributed by atoms with van der Waals surface area (Å²) >= 11 is 11.8. The van der Waals surface area contributed by atoms with E-state index in [9.17, 15) is 4.79 Å². The lowest BCUT2D eigenvalue weighted by atomic mass is 10.3. The fraction of sp³-hybridized carbons (Fsp3) is 0.214. The third kappa shape index (κ3) is 4.56. The summed E-state index contributed by atoms with van der Waals surface area (Å²) in [5, 5.41) is 6.53. The molecule has 2 N–H and O–H groups in total. The Bertz CT molecular complexity index is 667. The van der Waals surface area contributed by atoms with Gasteiger partial charge in [0, 0.05) is 25.5 Å². The molecule has 2 rings (SSSR count). The van der Waals surface area contributed by atoms with Gasteiger partial charge in [-0.05, 0) is 24.3 Å². The molecule has 1 amide bonds. The second-order valence-corrected chi connectivity index (χ2v) is 5.08. The van der Waals surface area contributed by atoms with Gasteiger partial charge in [0.1, 0.15) is 5.69 Å². The lowest BCUT2D eigenvalue weighted by molar-refractivity contribution is 0.0932. The smallest absolute Gasteiger partial charge is 0.270 e. The maximum atomic E-state index is 11.9. The molecule has 1 aromatic carbocycles. The van der Waals surface area contributed by atoms with Crippen molar-refractivity contribution in [2.45, 2.75) is 0 Å². The first-order chi connectivity index (χ1) is 10.6. The number of rotatable bonds is 6. The highest BCUT2D eigenvalue weighted by Crippen LogP contribution is 2.26. The van der Waals surface area contributed by atoms with E-state index in [-0.39, 0.29) is 17.5 Å². The van der Waals surface area contributed by atoms with Gasteiger partial charge in [-0.3, -0.25) is 4.79 Å². The van der Waals surface area contributed by atoms with Crippen LogP contribution in [0.25, 0.3) is 0 Å². The summed E-state index contributed by atoms with van der Waals surface area (Å²) in [6, 6.07) is 6.58. The molecular formula is C14H14Cl2N4O2. The van der Waals surface area contributed by atoms with Crippen molar-refractivity contribution in [3.63, 3.8) is 0 Å². The van der Waals surface area contributed by atoms with Gasteiger partial charge < -0.3 is 15.4 Å². The Kier molecular flexibility index (Phi) is 5.94. The van der Waals surface area contributed by atoms with Gasteiger partial charge in [0.15, 0.2) is 0 Å². The maximum Gasteiger partial charge on any atom is 0.270 e. The van der Waals surface area contributed by atoms with Crippen LogP contribution in [0.15, 0.2) is 30.5 Å². The molecule has 1 aromatic heterocycles. The van der Waals surface area contributed by atoms with E-state index < -0.39 is 0 Å². The topological polar surface area (TPSA) is 76.1 Å². The molecule has 0 fully saturated rings. The Morgan fingerprint density at radius 3 is 2.82 bits per heavy atom. The second-order valence-electron chi connectivity index (χ2n) is 4.27. The fourth-order valence-electron chi connectivity index (χ4n) is 1.61. The Morgan fingerprint density at radius 1 is 1.27 bits per heavy atom. The van der Waals surface area contributed by atoms with Gasteiger partial charge in [0.2, 0.25) is 5.95 Å². The number of amides is 1. The van der Waals surface area contributed by atoms with Crippen LogP contribution in [0.3, 0.4) is 0 Å². The molecule has 22 heavy (non-hydrogen) atoms. The molecule has 0 saturated heterocycles. The van der Waals surface area contributed by atoms with Crippen molar-refractivity contribution in [1.29, 1.82) is 0 Å². The first-order valence-electron chi connectivity index (χ1n) is 6.42. The largest absolute Gasteiger partial charge is 0.383 e. The zero-order valence-electron chi connectivity index (χ0n) is 11.8. The van der Waals surface area contributed by atoms with E-state index in [2.05, 4.69) is 20.6 Å². The standard InChI is InChI=1S/C14H14Cl2N4O2/c1-22-7-6-17-13(21)12-4-5-18-14(20-12)19-9-2-3-10(15)11(16)8-9/h2-5,8H,6-7H2,1H3,(H,17,21)(H,18,19,20). The predicted molar refractivity (Wildman–Crippen MR) is 86.0 cm³/mol. The zero-order chi connectivity index (χ0) is 15.9. The SMILES string of the molecule is COCCNC(=O)c1ccnc(Nc2ccc(Cl)c(Cl)c2)n1. The van der Waals surface area contributed by atoms with E-state index in [1.807, 2.05) is 0 Å². The minimum absolute atomic E-state index is 0.258. The van der Waals surface area contributed by atoms with Gasteiger partial charge in [-0.1, -0.05) is 23.2 Å². The van der Waals surface area contributed by atoms with Crippen LogP contribution in [-0.4, -0.2) is 36.1 Å². The molecule has 0 spiro atoms. The van der Waals surface area contributed by atoms with Crippen LogP contribution in [0.5, 0.6) is 0 Å². The number of hydrogen-bond acceptors (Lipinski definition) is 5. The van der Waals surface area contributed by atoms with E-state index >= 15 is 0 Å². The summed E-state index contributed by atoms with van der Waals surface area (Å²) in [4.78, 5) is 20.1. The van der Waals surface area contributed by atoms with Gasteiger partial charge in [-0.25, -0.2) is 9.97 Å². The Hall–Kier alpha value is -1.89. The number of aromatic nitrogens is 2. The van der Waals surface area contributed by atoms with Gasteiger partial charge in [-0.2, -0.15) is 0 Å². The van der Waals surface area contributed by atoms with Crippen LogP contribution >= 0.6 is 23.2 Å². The summed E-state index contributed by atoms with van der Waals surface area (Å²) in [5.74, 6) is -0.00517. The highest BCUT2D eigenvalue weighted by Gasteiger charge is 2.08. The molecule has 0 aliphatic carbocycles. The molecule has 2 aromatic rings. The van der Waals surface area contributed by atoms with Crippen molar-refractivity contribution in [2.75, 3.05) is 25.6 Å². The summed E-state index contributed by atoms with van der Waals surface area (Å²) < 4.78 is 4.87. The van der Waals surface area contributed by atoms with Gasteiger partial charge in [0.25, 0.3) is 5.91 Å². The normalized spacial score (nSPS) is 10.3. The molecule has 0 unspecified atom stereocenters. The number of nitrogens with one attached hydrogen (secondary N) is 2. The third-order valence-electron chi connectivity index (χ3n) is 2.66. The number of methoxy groups -OCH3 is 1. The molecular weight excluding hydrogens is 327 g/mol. The monoisotopic (exact) mass is 340 g/mol. The summed E-state index contributed by atoms with van der Waals surface area (Å²) in [5.41, 5.74) is 0.931. The fourth-order valence-corrected chi connectivity index (χ4v) is 1.90. The van der Waals surface area contributed by atoms with Crippen LogP contribution in [0, 0.1) is 0 Å². The number of hydrogen-bond donors (Lipinski definition) is 2. The molecule has 1 heterocycles. The summed E-state index contributed by atoms with van der Waals surface area (Å²) in [6.07, 6.45) is 1.50. The van der Waals surface area contributed by atoms with Crippen LogP contribution in [0.1, 0.15) is 10.5 Å². The number of nitrogens with zero attached hydrogens (tertiary/aromatic N) is 2. The summed E-state index contributed by atoms with van der Waals surface area (Å²) in [6.45, 7) is 0.847. The number of ether oxygens (including phenoxy) is 1. The molecule has 116 valence electrons. The van der Waals surface area contributed by atoms with E-state index in [0.717, 1.165) is 0 Å². The number of carbonyl (C=O) groups excluding carboxylic acids is 1. The van der Waals surface area contributed by atoms with Crippen molar-refractivity contribution in [3.05, 3.63) is 46.2 Å². The van der Waals surface area contributed by atoms with Gasteiger partial charge in [0.05, 0.1) is 16.7 Å². The molecule has 0 radical (unpaired) electrons. The minimum Gasteiger partial charge on any atom is -0.383 e. The van der Waals surface area contributed by atoms with Crippen LogP contribution in [-0.2, 0) is 4.74 Å². The quantitative estimate of drug-likeness (QED) is 0.790. The van der Waals surface area contributed by atoms with Gasteiger partial charge in [-0.15, -0.1) is 0 Å². The Labute approximate surface area is 137 Å². The van der Waals surface area contributed by atoms with Crippen molar-refractivity contribution in [2.24, 2.45) is 0 Å². The number of carbonyl (C=O) groups is 1. The van der Waals surface area contributed by atoms with Crippen LogP contribution < -0.4 is 10.6 Å². The molecule has 0 bridgehead atoms. The average Bonchev–Trinajstić information content (AvgIpc) is 2.51. The molecule has 0 aliphatic heterocycles. The van der Waals surface area contributed by atoms with E-state index in [0.29, 0.717) is 28.9 Å². The second kappa shape index (κ2) is 7.93. The number of halogens is 2. The Morgan fingerprint density at radius 2 is 2.09 bits per heavy atom. The first kappa shape index (κ1) is 16.5. The molecule has 0 atom stereocenters. The van der Waals surface area contributed by atoms with Crippen molar-refractivity contribution in [1.82, 2.24) is 15.3 Å². The summed E-state index contributed by atoms with van der Waals surface area (Å²) in [7, 11) is 1.57. The Balaban J connectivity index is 2.07. The zero-order valence-corrected chi connectivity index (χ0v) is 13.3. The predicted octanol–water partition coefficient (Wildman–Crippen LogP) is 2.90. The number of anilines is 2. The first-order valence-corrected chi connectivity index (χ1v) is 7.18. The lowest BCUT2D eigenvalue weighted by Gasteiger charge is -2.08. The molecule has 8 heteroatoms. The highest BCUT2D eigenvalue weighted by atomic mass is 35.5. The van der Waals surface area contributed by atoms with Crippen LogP contribution in [0.2, 0.25) is 10.0 Å². The van der Waals surface area contributed by atoms with Crippen molar-refractivity contribution in [3.8, 4) is 0 Å². The number of benzene rings is 1. The van der Waals surface area contributed by atoms with Gasteiger partial charge >= 0.3 is 0 Å². The molecule has 0 saturated carbocycles. The van der Waals surface area contributed by atoms with E-state index in [1.54, 1.807) is 25.3 Å². The molecule has 6 nitrogen and oxygen atoms in total. The van der Waals surface area contributed by atoms with Crippen molar-refractivity contribution < 1.29 is 9.53 Å². The van der Waals surface area contributed by atoms with Crippen LogP contribution in [0.4, 0.5) is 11.6 Å². The lowest BCUT2D eigenvalue weighted by Crippen LogP contribution is -2.27. The maximum absolute atomic E-state index is 11.9. The third-order valence-corrected chi connectivity index (χ3v) is 3.39. The van der Waals surface area contributed by atoms with Crippen molar-refractivity contribution >= 4 is 40.7 Å². The highest BCUT2D eigenvalue weighted by molar-refractivity contribution is 6.42. The average molecular weight is 341 g/mol.